The van der Waals surface area contributed by atoms with Gasteiger partial charge in [0.1, 0.15) is 10.7 Å². The zero-order valence-corrected chi connectivity index (χ0v) is 17.2. The van der Waals surface area contributed by atoms with E-state index in [0.29, 0.717) is 17.5 Å². The Morgan fingerprint density at radius 1 is 1.26 bits per heavy atom. The van der Waals surface area contributed by atoms with E-state index >= 15 is 0 Å². The Balaban J connectivity index is 1.70. The van der Waals surface area contributed by atoms with E-state index in [1.807, 2.05) is 35.0 Å². The highest BCUT2D eigenvalue weighted by molar-refractivity contribution is 8.04. The van der Waals surface area contributed by atoms with E-state index in [9.17, 15) is 20.0 Å². The Hall–Kier alpha value is -3.92. The predicted octanol–water partition coefficient (Wildman–Crippen LogP) is 4.24. The maximum atomic E-state index is 11.8. The number of aromatic nitrogens is 4. The Labute approximate surface area is 180 Å². The van der Waals surface area contributed by atoms with E-state index in [1.54, 1.807) is 25.1 Å². The van der Waals surface area contributed by atoms with Crippen molar-refractivity contribution in [3.63, 3.8) is 0 Å². The molecule has 0 unspecified atom stereocenters. The number of nitro groups is 1. The summed E-state index contributed by atoms with van der Waals surface area (Å²) in [4.78, 5) is 26.5. The van der Waals surface area contributed by atoms with Crippen LogP contribution in [0.3, 0.4) is 0 Å². The second kappa shape index (κ2) is 8.44. The van der Waals surface area contributed by atoms with E-state index in [1.165, 1.54) is 12.1 Å². The lowest BCUT2D eigenvalue weighted by molar-refractivity contribution is -0.384. The molecule has 0 fully saturated rings. The Morgan fingerprint density at radius 3 is 2.65 bits per heavy atom. The van der Waals surface area contributed by atoms with Crippen molar-refractivity contribution in [3.8, 4) is 0 Å². The molecule has 2 heterocycles. The quantitative estimate of drug-likeness (QED) is 0.192. The summed E-state index contributed by atoms with van der Waals surface area (Å²) >= 11 is 0.974. The molecular formula is C21H17N5O4S. The monoisotopic (exact) mass is 435 g/mol. The third-order valence-corrected chi connectivity index (χ3v) is 5.47. The minimum absolute atomic E-state index is 0.0371. The molecule has 2 N–H and O–H groups in total. The van der Waals surface area contributed by atoms with Crippen LogP contribution in [0, 0.1) is 17.0 Å². The lowest BCUT2D eigenvalue weighted by Crippen LogP contribution is -1.98. The number of hydrogen-bond donors (Lipinski definition) is 2. The van der Waals surface area contributed by atoms with Crippen molar-refractivity contribution in [2.45, 2.75) is 18.6 Å². The first kappa shape index (κ1) is 20.4. The van der Waals surface area contributed by atoms with E-state index in [0.717, 1.165) is 33.8 Å². The number of benzene rings is 2. The minimum Gasteiger partial charge on any atom is -0.477 e. The number of aliphatic carboxylic acids is 1. The van der Waals surface area contributed by atoms with Gasteiger partial charge in [-0.05, 0) is 36.4 Å². The summed E-state index contributed by atoms with van der Waals surface area (Å²) in [6.45, 7) is 2.23. The smallest absolute Gasteiger partial charge is 0.342 e. The molecule has 4 rings (SSSR count). The number of fused-ring (bicyclic) bond motifs is 1. The van der Waals surface area contributed by atoms with Crippen LogP contribution in [0.4, 0.5) is 5.69 Å². The molecule has 0 aliphatic carbocycles. The summed E-state index contributed by atoms with van der Waals surface area (Å²) in [5.74, 6) is -0.466. The summed E-state index contributed by atoms with van der Waals surface area (Å²) in [7, 11) is 0. The molecule has 2 aromatic carbocycles. The lowest BCUT2D eigenvalue weighted by Gasteiger charge is -2.05. The molecule has 0 aliphatic heterocycles. The number of nitro benzene ring substituents is 1. The molecule has 0 spiro atoms. The van der Waals surface area contributed by atoms with Gasteiger partial charge in [0.05, 0.1) is 4.92 Å². The van der Waals surface area contributed by atoms with Gasteiger partial charge in [-0.15, -0.1) is 5.10 Å². The zero-order chi connectivity index (χ0) is 22.0. The molecule has 10 heteroatoms. The van der Waals surface area contributed by atoms with Gasteiger partial charge in [-0.1, -0.05) is 30.3 Å². The standard InChI is InChI=1S/C21H17N5O4S/c1-13-22-21(24-23-13)31-19(20(27)28)10-15-12-25(18-5-3-2-4-17(15)18)11-14-6-8-16(9-7-14)26(29)30/h2-10,12H,11H2,1H3,(H,27,28)(H,22,23,24)/b19-10-. The fourth-order valence-electron chi connectivity index (χ4n) is 3.18. The van der Waals surface area contributed by atoms with Gasteiger partial charge in [0.15, 0.2) is 0 Å². The number of aryl methyl sites for hydroxylation is 1. The van der Waals surface area contributed by atoms with Gasteiger partial charge < -0.3 is 9.67 Å². The van der Waals surface area contributed by atoms with Crippen molar-refractivity contribution >= 4 is 40.4 Å². The van der Waals surface area contributed by atoms with Gasteiger partial charge >= 0.3 is 5.97 Å². The molecule has 0 aliphatic rings. The number of nitrogens with one attached hydrogen (secondary N) is 1. The van der Waals surface area contributed by atoms with E-state index < -0.39 is 10.9 Å². The molecular weight excluding hydrogens is 418 g/mol. The zero-order valence-electron chi connectivity index (χ0n) is 16.3. The maximum Gasteiger partial charge on any atom is 0.342 e. The SMILES string of the molecule is Cc1nc(S/C(=C\c2cn(Cc3ccc([N+](=O)[O-])cc3)c3ccccc23)C(=O)O)n[nH]1. The van der Waals surface area contributed by atoms with Gasteiger partial charge in [0.25, 0.3) is 5.69 Å². The largest absolute Gasteiger partial charge is 0.477 e. The third kappa shape index (κ3) is 4.48. The average Bonchev–Trinajstić information content (AvgIpc) is 3.31. The fraction of sp³-hybridized carbons (Fsp3) is 0.0952. The maximum absolute atomic E-state index is 11.8. The number of para-hydroxylation sites is 1. The van der Waals surface area contributed by atoms with Gasteiger partial charge in [-0.3, -0.25) is 15.2 Å². The number of H-pyrrole nitrogens is 1. The molecule has 0 saturated carbocycles. The highest BCUT2D eigenvalue weighted by Gasteiger charge is 2.15. The molecule has 31 heavy (non-hydrogen) atoms. The summed E-state index contributed by atoms with van der Waals surface area (Å²) in [5.41, 5.74) is 2.60. The number of carboxylic acids is 1. The number of rotatable bonds is 7. The van der Waals surface area contributed by atoms with Gasteiger partial charge in [-0.2, -0.15) is 0 Å². The molecule has 0 bridgehead atoms. The number of thioether (sulfide) groups is 1. The van der Waals surface area contributed by atoms with Crippen LogP contribution in [0.25, 0.3) is 17.0 Å². The van der Waals surface area contributed by atoms with E-state index in [2.05, 4.69) is 15.2 Å². The van der Waals surface area contributed by atoms with Crippen LogP contribution in [0.15, 0.2) is 64.8 Å². The van der Waals surface area contributed by atoms with Crippen LogP contribution in [0.2, 0.25) is 0 Å². The van der Waals surface area contributed by atoms with E-state index in [-0.39, 0.29) is 10.6 Å². The van der Waals surface area contributed by atoms with Crippen LogP contribution in [0.1, 0.15) is 17.0 Å². The van der Waals surface area contributed by atoms with Crippen LogP contribution < -0.4 is 0 Å². The molecule has 0 atom stereocenters. The highest BCUT2D eigenvalue weighted by Crippen LogP contribution is 2.30. The molecule has 0 amide bonds. The normalized spacial score (nSPS) is 11.7. The first-order valence-electron chi connectivity index (χ1n) is 9.24. The molecule has 0 saturated heterocycles. The second-order valence-corrected chi connectivity index (χ2v) is 7.78. The Kier molecular flexibility index (Phi) is 5.54. The first-order chi connectivity index (χ1) is 14.9. The van der Waals surface area contributed by atoms with Crippen LogP contribution >= 0.6 is 11.8 Å². The van der Waals surface area contributed by atoms with Crippen molar-refractivity contribution in [1.29, 1.82) is 0 Å². The molecule has 2 aromatic heterocycles. The number of hydrogen-bond acceptors (Lipinski definition) is 6. The molecule has 0 radical (unpaired) electrons. The van der Waals surface area contributed by atoms with Crippen LogP contribution in [-0.2, 0) is 11.3 Å². The number of aromatic amines is 1. The van der Waals surface area contributed by atoms with Gasteiger partial charge in [-0.25, -0.2) is 9.78 Å². The average molecular weight is 435 g/mol. The predicted molar refractivity (Wildman–Crippen MR) is 117 cm³/mol. The fourth-order valence-corrected chi connectivity index (χ4v) is 3.93. The molecule has 9 nitrogen and oxygen atoms in total. The Morgan fingerprint density at radius 2 is 2.00 bits per heavy atom. The van der Waals surface area contributed by atoms with Crippen molar-refractivity contribution in [3.05, 3.63) is 86.7 Å². The topological polar surface area (TPSA) is 127 Å². The second-order valence-electron chi connectivity index (χ2n) is 6.77. The van der Waals surface area contributed by atoms with Gasteiger partial charge in [0, 0.05) is 41.3 Å². The number of carbonyl (C=O) groups is 1. The van der Waals surface area contributed by atoms with Crippen LogP contribution in [-0.4, -0.2) is 35.7 Å². The van der Waals surface area contributed by atoms with Crippen molar-refractivity contribution < 1.29 is 14.8 Å². The highest BCUT2D eigenvalue weighted by atomic mass is 32.2. The lowest BCUT2D eigenvalue weighted by atomic mass is 10.1. The summed E-state index contributed by atoms with van der Waals surface area (Å²) in [6.07, 6.45) is 3.48. The summed E-state index contributed by atoms with van der Waals surface area (Å²) < 4.78 is 1.99. The number of nitrogens with zero attached hydrogens (tertiary/aromatic N) is 4. The van der Waals surface area contributed by atoms with Crippen molar-refractivity contribution in [2.24, 2.45) is 0 Å². The van der Waals surface area contributed by atoms with Crippen molar-refractivity contribution in [1.82, 2.24) is 19.7 Å². The Bertz CT molecular complexity index is 1310. The molecule has 156 valence electrons. The van der Waals surface area contributed by atoms with Crippen LogP contribution in [0.5, 0.6) is 0 Å². The van der Waals surface area contributed by atoms with E-state index in [4.69, 9.17) is 0 Å². The number of carboxylic acid groups (broad SMARTS) is 1. The first-order valence-corrected chi connectivity index (χ1v) is 10.1. The van der Waals surface area contributed by atoms with Gasteiger partial charge in [0.2, 0.25) is 5.16 Å². The van der Waals surface area contributed by atoms with Crippen molar-refractivity contribution in [2.75, 3.05) is 0 Å². The summed E-state index contributed by atoms with van der Waals surface area (Å²) in [6, 6.07) is 14.0. The number of non-ortho nitro benzene ring substituents is 1. The third-order valence-electron chi connectivity index (χ3n) is 4.59. The summed E-state index contributed by atoms with van der Waals surface area (Å²) in [5, 5.41) is 28.5. The molecule has 4 aromatic rings. The minimum atomic E-state index is -1.07.